The number of amides is 1. The van der Waals surface area contributed by atoms with E-state index in [-0.39, 0.29) is 10.8 Å². The molecule has 0 aliphatic heterocycles. The first-order chi connectivity index (χ1) is 11.6. The molecule has 0 bridgehead atoms. The Morgan fingerprint density at radius 2 is 1.92 bits per heavy atom. The number of ether oxygens (including phenoxy) is 1. The van der Waals surface area contributed by atoms with E-state index in [0.29, 0.717) is 11.4 Å². The van der Waals surface area contributed by atoms with Crippen LogP contribution in [-0.4, -0.2) is 40.0 Å². The smallest absolute Gasteiger partial charge is 0.328 e. The molecule has 1 aromatic carbocycles. The number of esters is 1. The zero-order valence-corrected chi connectivity index (χ0v) is 16.2. The molecule has 1 aromatic rings. The molecule has 1 amide bonds. The molecule has 0 spiro atoms. The van der Waals surface area contributed by atoms with Crippen molar-refractivity contribution in [3.05, 3.63) is 28.8 Å². The van der Waals surface area contributed by atoms with Gasteiger partial charge in [0, 0.05) is 5.02 Å². The molecule has 0 fully saturated rings. The number of carbonyl (C=O) groups excluding carboxylic acids is 2. The average molecular weight is 391 g/mol. The molecule has 1 rings (SSSR count). The van der Waals surface area contributed by atoms with Crippen molar-refractivity contribution in [2.24, 2.45) is 5.92 Å². The van der Waals surface area contributed by atoms with E-state index >= 15 is 0 Å². The van der Waals surface area contributed by atoms with Gasteiger partial charge in [0.05, 0.1) is 18.6 Å². The Morgan fingerprint density at radius 1 is 1.28 bits per heavy atom. The molecule has 0 aromatic heterocycles. The molecule has 1 atom stereocenters. The van der Waals surface area contributed by atoms with Crippen LogP contribution in [0.5, 0.6) is 0 Å². The summed E-state index contributed by atoms with van der Waals surface area (Å²) in [4.78, 5) is 23.6. The number of methoxy groups -OCH3 is 1. The number of benzene rings is 1. The van der Waals surface area contributed by atoms with Crippen LogP contribution < -0.4 is 10.0 Å². The zero-order chi connectivity index (χ0) is 19.2. The summed E-state index contributed by atoms with van der Waals surface area (Å²) in [5.41, 5.74) is 0.743. The molecule has 2 N–H and O–H groups in total. The Labute approximate surface area is 153 Å². The molecule has 140 valence electrons. The van der Waals surface area contributed by atoms with Crippen LogP contribution in [0.15, 0.2) is 23.1 Å². The van der Waals surface area contributed by atoms with Gasteiger partial charge in [-0.15, -0.1) is 0 Å². The van der Waals surface area contributed by atoms with Crippen LogP contribution in [0.25, 0.3) is 0 Å². The molecular formula is C16H23ClN2O5S. The maximum Gasteiger partial charge on any atom is 0.328 e. The van der Waals surface area contributed by atoms with E-state index in [1.165, 1.54) is 19.2 Å². The van der Waals surface area contributed by atoms with E-state index in [9.17, 15) is 18.0 Å². The molecule has 0 aliphatic carbocycles. The number of hydrogen-bond acceptors (Lipinski definition) is 5. The maximum atomic E-state index is 12.2. The Hall–Kier alpha value is -1.64. The van der Waals surface area contributed by atoms with Crippen LogP contribution in [0.3, 0.4) is 0 Å². The Kier molecular flexibility index (Phi) is 7.85. The van der Waals surface area contributed by atoms with Crippen LogP contribution in [-0.2, 0) is 24.3 Å². The number of hydrogen-bond donors (Lipinski definition) is 2. The monoisotopic (exact) mass is 390 g/mol. The second kappa shape index (κ2) is 9.17. The standard InChI is InChI=1S/C16H23ClN2O5S/c1-10(2)7-14(16(21)24-4)19-15(20)9-18-25(22,23)12-6-5-11(3)13(17)8-12/h5-6,8,10,14,18H,7,9H2,1-4H3,(H,19,20). The van der Waals surface area contributed by atoms with Gasteiger partial charge in [0.15, 0.2) is 0 Å². The number of sulfonamides is 1. The van der Waals surface area contributed by atoms with Crippen LogP contribution in [0.1, 0.15) is 25.8 Å². The minimum Gasteiger partial charge on any atom is -0.467 e. The summed E-state index contributed by atoms with van der Waals surface area (Å²) in [5, 5.41) is 2.79. The zero-order valence-electron chi connectivity index (χ0n) is 14.6. The van der Waals surface area contributed by atoms with Gasteiger partial charge in [-0.25, -0.2) is 17.9 Å². The molecule has 0 radical (unpaired) electrons. The summed E-state index contributed by atoms with van der Waals surface area (Å²) >= 11 is 5.93. The third-order valence-electron chi connectivity index (χ3n) is 3.40. The Balaban J connectivity index is 2.73. The predicted molar refractivity (Wildman–Crippen MR) is 94.8 cm³/mol. The lowest BCUT2D eigenvalue weighted by atomic mass is 10.0. The van der Waals surface area contributed by atoms with Gasteiger partial charge in [0.25, 0.3) is 0 Å². The molecule has 0 saturated carbocycles. The van der Waals surface area contributed by atoms with Crippen LogP contribution in [0.4, 0.5) is 0 Å². The summed E-state index contributed by atoms with van der Waals surface area (Å²) in [6.07, 6.45) is 0.388. The average Bonchev–Trinajstić information content (AvgIpc) is 2.53. The first kappa shape index (κ1) is 21.4. The van der Waals surface area contributed by atoms with Crippen molar-refractivity contribution >= 4 is 33.5 Å². The largest absolute Gasteiger partial charge is 0.467 e. The van der Waals surface area contributed by atoms with Gasteiger partial charge in [0.2, 0.25) is 15.9 Å². The topological polar surface area (TPSA) is 102 Å². The highest BCUT2D eigenvalue weighted by Gasteiger charge is 2.23. The molecule has 1 unspecified atom stereocenters. The first-order valence-corrected chi connectivity index (χ1v) is 9.56. The fourth-order valence-electron chi connectivity index (χ4n) is 2.06. The van der Waals surface area contributed by atoms with E-state index in [0.717, 1.165) is 5.56 Å². The van der Waals surface area contributed by atoms with Gasteiger partial charge in [0.1, 0.15) is 6.04 Å². The summed E-state index contributed by atoms with van der Waals surface area (Å²) in [5.74, 6) is -1.05. The molecular weight excluding hydrogens is 368 g/mol. The summed E-state index contributed by atoms with van der Waals surface area (Å²) < 4.78 is 31.3. The van der Waals surface area contributed by atoms with Crippen LogP contribution in [0, 0.1) is 12.8 Å². The molecule has 7 nitrogen and oxygen atoms in total. The maximum absolute atomic E-state index is 12.2. The van der Waals surface area contributed by atoms with Crippen molar-refractivity contribution in [1.82, 2.24) is 10.0 Å². The third-order valence-corrected chi connectivity index (χ3v) is 5.21. The minimum atomic E-state index is -3.89. The second-order valence-electron chi connectivity index (χ2n) is 6.01. The summed E-state index contributed by atoms with van der Waals surface area (Å²) in [6.45, 7) is 5.04. The molecule has 0 aliphatic rings. The Bertz CT molecular complexity index is 734. The fourth-order valence-corrected chi connectivity index (χ4v) is 3.31. The quantitative estimate of drug-likeness (QED) is 0.657. The van der Waals surface area contributed by atoms with Gasteiger partial charge in [-0.2, -0.15) is 0 Å². The number of aryl methyl sites for hydroxylation is 1. The SMILES string of the molecule is COC(=O)C(CC(C)C)NC(=O)CNS(=O)(=O)c1ccc(C)c(Cl)c1. The van der Waals surface area contributed by atoms with E-state index < -0.39 is 34.5 Å². The highest BCUT2D eigenvalue weighted by Crippen LogP contribution is 2.19. The summed E-state index contributed by atoms with van der Waals surface area (Å²) in [7, 11) is -2.66. The van der Waals surface area contributed by atoms with Crippen LogP contribution >= 0.6 is 11.6 Å². The van der Waals surface area contributed by atoms with Crippen molar-refractivity contribution in [2.75, 3.05) is 13.7 Å². The number of nitrogens with one attached hydrogen (secondary N) is 2. The predicted octanol–water partition coefficient (Wildman–Crippen LogP) is 1.63. The number of halogens is 1. The fraction of sp³-hybridized carbons (Fsp3) is 0.500. The molecule has 0 saturated heterocycles. The van der Waals surface area contributed by atoms with Crippen molar-refractivity contribution in [3.63, 3.8) is 0 Å². The number of carbonyl (C=O) groups is 2. The van der Waals surface area contributed by atoms with Gasteiger partial charge in [-0.05, 0) is 37.0 Å². The molecule has 9 heteroatoms. The normalized spacial score (nSPS) is 12.7. The Morgan fingerprint density at radius 3 is 2.44 bits per heavy atom. The lowest BCUT2D eigenvalue weighted by Crippen LogP contribution is -2.46. The minimum absolute atomic E-state index is 0.0393. The van der Waals surface area contributed by atoms with E-state index in [2.05, 4.69) is 14.8 Å². The number of rotatable bonds is 8. The molecule has 25 heavy (non-hydrogen) atoms. The lowest BCUT2D eigenvalue weighted by molar-refractivity contribution is -0.145. The lowest BCUT2D eigenvalue weighted by Gasteiger charge is -2.18. The van der Waals surface area contributed by atoms with Crippen LogP contribution in [0.2, 0.25) is 5.02 Å². The third kappa shape index (κ3) is 6.64. The van der Waals surface area contributed by atoms with Crippen molar-refractivity contribution in [2.45, 2.75) is 38.1 Å². The van der Waals surface area contributed by atoms with Gasteiger partial charge in [-0.3, -0.25) is 4.79 Å². The molecule has 0 heterocycles. The first-order valence-electron chi connectivity index (χ1n) is 7.69. The van der Waals surface area contributed by atoms with Gasteiger partial charge in [-0.1, -0.05) is 31.5 Å². The van der Waals surface area contributed by atoms with Crippen molar-refractivity contribution < 1.29 is 22.7 Å². The van der Waals surface area contributed by atoms with Gasteiger partial charge >= 0.3 is 5.97 Å². The van der Waals surface area contributed by atoms with Crippen molar-refractivity contribution in [3.8, 4) is 0 Å². The van der Waals surface area contributed by atoms with E-state index in [1.54, 1.807) is 13.0 Å². The van der Waals surface area contributed by atoms with Gasteiger partial charge < -0.3 is 10.1 Å². The van der Waals surface area contributed by atoms with Crippen molar-refractivity contribution in [1.29, 1.82) is 0 Å². The second-order valence-corrected chi connectivity index (χ2v) is 8.18. The highest BCUT2D eigenvalue weighted by atomic mass is 35.5. The van der Waals surface area contributed by atoms with E-state index in [1.807, 2.05) is 13.8 Å². The van der Waals surface area contributed by atoms with E-state index in [4.69, 9.17) is 11.6 Å². The highest BCUT2D eigenvalue weighted by molar-refractivity contribution is 7.89. The summed E-state index contributed by atoms with van der Waals surface area (Å²) in [6, 6.07) is 3.47.